The molecule has 2 N–H and O–H groups in total. The second kappa shape index (κ2) is 12.5. The lowest BCUT2D eigenvalue weighted by Gasteiger charge is -2.19. The van der Waals surface area contributed by atoms with Crippen molar-refractivity contribution in [2.24, 2.45) is 4.99 Å². The van der Waals surface area contributed by atoms with Crippen molar-refractivity contribution >= 4 is 29.9 Å². The lowest BCUT2D eigenvalue weighted by Crippen LogP contribution is -2.40. The fourth-order valence-corrected chi connectivity index (χ4v) is 2.44. The van der Waals surface area contributed by atoms with E-state index in [4.69, 9.17) is 9.47 Å². The van der Waals surface area contributed by atoms with Crippen molar-refractivity contribution in [2.75, 3.05) is 27.3 Å². The molecule has 0 bridgehead atoms. The minimum atomic E-state index is -0.379. The highest BCUT2D eigenvalue weighted by Gasteiger charge is 2.11. The van der Waals surface area contributed by atoms with Gasteiger partial charge in [0.1, 0.15) is 0 Å². The van der Waals surface area contributed by atoms with Crippen LogP contribution in [0.1, 0.15) is 24.1 Å². The number of aliphatic imine (C=N–C) groups is 1. The van der Waals surface area contributed by atoms with Crippen molar-refractivity contribution in [3.8, 4) is 5.75 Å². The molecule has 0 saturated heterocycles. The lowest BCUT2D eigenvalue weighted by atomic mass is 10.1. The summed E-state index contributed by atoms with van der Waals surface area (Å²) in [5.74, 6) is 0.493. The lowest BCUT2D eigenvalue weighted by molar-refractivity contribution is 0.125. The first-order valence-electron chi connectivity index (χ1n) is 8.56. The summed E-state index contributed by atoms with van der Waals surface area (Å²) in [6.45, 7) is 3.70. The molecule has 0 heterocycles. The second-order valence-corrected chi connectivity index (χ2v) is 5.80. The molecule has 0 spiro atoms. The summed E-state index contributed by atoms with van der Waals surface area (Å²) in [5.41, 5.74) is 1.96. The maximum atomic E-state index is 13.8. The minimum absolute atomic E-state index is 0. The molecule has 2 aromatic rings. The van der Waals surface area contributed by atoms with Gasteiger partial charge in [-0.05, 0) is 30.2 Å². The predicted octanol–water partition coefficient (Wildman–Crippen LogP) is 3.90. The molecule has 1 unspecified atom stereocenters. The Balaban J connectivity index is 0.00000364. The van der Waals surface area contributed by atoms with Crippen LogP contribution in [0.3, 0.4) is 0 Å². The van der Waals surface area contributed by atoms with E-state index in [1.165, 1.54) is 13.2 Å². The standard InChI is InChI=1S/C20H26FN3O2.HI/c1-15(17-9-10-19(25-3)18(21)13-17)24-20(22-2)23-11-12-26-14-16-7-5-4-6-8-16;/h4-10,13,15H,11-12,14H2,1-3H3,(H2,22,23,24);1H. The molecule has 2 rings (SSSR count). The van der Waals surface area contributed by atoms with Crippen LogP contribution in [-0.2, 0) is 11.3 Å². The van der Waals surface area contributed by atoms with E-state index in [1.807, 2.05) is 43.3 Å². The zero-order valence-electron chi connectivity index (χ0n) is 15.9. The van der Waals surface area contributed by atoms with Crippen LogP contribution in [0, 0.1) is 5.82 Å². The van der Waals surface area contributed by atoms with Gasteiger partial charge < -0.3 is 20.1 Å². The Bertz CT molecular complexity index is 714. The number of ether oxygens (including phenoxy) is 2. The average molecular weight is 487 g/mol. The fourth-order valence-electron chi connectivity index (χ4n) is 2.44. The molecule has 0 aromatic heterocycles. The number of hydrogen-bond acceptors (Lipinski definition) is 3. The zero-order chi connectivity index (χ0) is 18.8. The van der Waals surface area contributed by atoms with Crippen LogP contribution < -0.4 is 15.4 Å². The zero-order valence-corrected chi connectivity index (χ0v) is 18.2. The molecule has 5 nitrogen and oxygen atoms in total. The fraction of sp³-hybridized carbons (Fsp3) is 0.350. The smallest absolute Gasteiger partial charge is 0.191 e. The van der Waals surface area contributed by atoms with Crippen LogP contribution >= 0.6 is 24.0 Å². The van der Waals surface area contributed by atoms with E-state index in [1.54, 1.807) is 13.1 Å². The van der Waals surface area contributed by atoms with Crippen molar-refractivity contribution in [3.05, 3.63) is 65.5 Å². The molecule has 1 atom stereocenters. The maximum Gasteiger partial charge on any atom is 0.191 e. The first-order chi connectivity index (χ1) is 12.6. The molecular weight excluding hydrogens is 460 g/mol. The topological polar surface area (TPSA) is 54.9 Å². The Morgan fingerprint density at radius 1 is 1.19 bits per heavy atom. The van der Waals surface area contributed by atoms with E-state index in [0.717, 1.165) is 11.1 Å². The van der Waals surface area contributed by atoms with E-state index < -0.39 is 0 Å². The molecular formula is C20H27FIN3O2. The largest absolute Gasteiger partial charge is 0.494 e. The highest BCUT2D eigenvalue weighted by molar-refractivity contribution is 14.0. The van der Waals surface area contributed by atoms with Crippen LogP contribution in [0.2, 0.25) is 0 Å². The number of rotatable bonds is 8. The van der Waals surface area contributed by atoms with Crippen LogP contribution in [0.15, 0.2) is 53.5 Å². The van der Waals surface area contributed by atoms with Crippen LogP contribution in [0.5, 0.6) is 5.75 Å². The Kier molecular flexibility index (Phi) is 10.7. The number of nitrogens with one attached hydrogen (secondary N) is 2. The predicted molar refractivity (Wildman–Crippen MR) is 117 cm³/mol. The van der Waals surface area contributed by atoms with Gasteiger partial charge in [0.15, 0.2) is 17.5 Å². The van der Waals surface area contributed by atoms with Crippen LogP contribution in [0.25, 0.3) is 0 Å². The third-order valence-corrected chi connectivity index (χ3v) is 3.90. The third kappa shape index (κ3) is 7.72. The van der Waals surface area contributed by atoms with Gasteiger partial charge in [0.05, 0.1) is 26.4 Å². The van der Waals surface area contributed by atoms with E-state index >= 15 is 0 Å². The number of benzene rings is 2. The molecule has 0 saturated carbocycles. The molecule has 0 radical (unpaired) electrons. The Hall–Kier alpha value is -1.87. The van der Waals surface area contributed by atoms with Crippen LogP contribution in [0.4, 0.5) is 4.39 Å². The van der Waals surface area contributed by atoms with Gasteiger partial charge in [0.2, 0.25) is 0 Å². The Labute approximate surface area is 177 Å². The van der Waals surface area contributed by atoms with E-state index in [9.17, 15) is 4.39 Å². The van der Waals surface area contributed by atoms with Crippen molar-refractivity contribution in [2.45, 2.75) is 19.6 Å². The van der Waals surface area contributed by atoms with Gasteiger partial charge >= 0.3 is 0 Å². The number of methoxy groups -OCH3 is 1. The molecule has 148 valence electrons. The molecule has 0 fully saturated rings. The summed E-state index contributed by atoms with van der Waals surface area (Å²) < 4.78 is 24.4. The number of hydrogen-bond donors (Lipinski definition) is 2. The van der Waals surface area contributed by atoms with Crippen LogP contribution in [-0.4, -0.2) is 33.3 Å². The summed E-state index contributed by atoms with van der Waals surface area (Å²) in [7, 11) is 3.15. The maximum absolute atomic E-state index is 13.8. The van der Waals surface area contributed by atoms with Gasteiger partial charge in [0, 0.05) is 13.6 Å². The summed E-state index contributed by atoms with van der Waals surface area (Å²) in [6.07, 6.45) is 0. The SMILES string of the molecule is CN=C(NCCOCc1ccccc1)NC(C)c1ccc(OC)c(F)c1.I. The van der Waals surface area contributed by atoms with Crippen molar-refractivity contribution in [1.29, 1.82) is 0 Å². The average Bonchev–Trinajstić information content (AvgIpc) is 2.67. The summed E-state index contributed by atoms with van der Waals surface area (Å²) in [4.78, 5) is 4.19. The monoisotopic (exact) mass is 487 g/mol. The van der Waals surface area contributed by atoms with E-state index in [2.05, 4.69) is 15.6 Å². The highest BCUT2D eigenvalue weighted by Crippen LogP contribution is 2.21. The summed E-state index contributed by atoms with van der Waals surface area (Å²) in [6, 6.07) is 14.8. The summed E-state index contributed by atoms with van der Waals surface area (Å²) >= 11 is 0. The van der Waals surface area contributed by atoms with Gasteiger partial charge in [0.25, 0.3) is 0 Å². The van der Waals surface area contributed by atoms with Crippen molar-refractivity contribution < 1.29 is 13.9 Å². The number of nitrogens with zero attached hydrogens (tertiary/aromatic N) is 1. The number of guanidine groups is 1. The first-order valence-corrected chi connectivity index (χ1v) is 8.56. The third-order valence-electron chi connectivity index (χ3n) is 3.90. The molecule has 0 aliphatic rings. The van der Waals surface area contributed by atoms with Gasteiger partial charge in [-0.2, -0.15) is 0 Å². The van der Waals surface area contributed by atoms with Crippen molar-refractivity contribution in [1.82, 2.24) is 10.6 Å². The molecule has 0 aliphatic heterocycles. The molecule has 7 heteroatoms. The normalized spacial score (nSPS) is 12.1. The van der Waals surface area contributed by atoms with E-state index in [0.29, 0.717) is 25.7 Å². The first kappa shape index (κ1) is 23.2. The Morgan fingerprint density at radius 3 is 2.56 bits per heavy atom. The summed E-state index contributed by atoms with van der Waals surface area (Å²) in [5, 5.41) is 6.42. The minimum Gasteiger partial charge on any atom is -0.494 e. The molecule has 2 aromatic carbocycles. The quantitative estimate of drug-likeness (QED) is 0.257. The van der Waals surface area contributed by atoms with Crippen molar-refractivity contribution in [3.63, 3.8) is 0 Å². The van der Waals surface area contributed by atoms with Gasteiger partial charge in [-0.25, -0.2) is 4.39 Å². The number of halogens is 2. The molecule has 0 aliphatic carbocycles. The van der Waals surface area contributed by atoms with Gasteiger partial charge in [-0.3, -0.25) is 4.99 Å². The highest BCUT2D eigenvalue weighted by atomic mass is 127. The van der Waals surface area contributed by atoms with Gasteiger partial charge in [-0.1, -0.05) is 36.4 Å². The van der Waals surface area contributed by atoms with E-state index in [-0.39, 0.29) is 41.6 Å². The molecule has 0 amide bonds. The van der Waals surface area contributed by atoms with Gasteiger partial charge in [-0.15, -0.1) is 24.0 Å². The Morgan fingerprint density at radius 2 is 1.93 bits per heavy atom. The second-order valence-electron chi connectivity index (χ2n) is 5.80. The molecule has 27 heavy (non-hydrogen) atoms.